The highest BCUT2D eigenvalue weighted by atomic mass is 19.2. The van der Waals surface area contributed by atoms with E-state index in [-0.39, 0.29) is 12.1 Å². The molecule has 0 atom stereocenters. The number of aryl methyl sites for hydroxylation is 1. The number of H-pyrrole nitrogens is 1. The highest BCUT2D eigenvalue weighted by Gasteiger charge is 2.12. The summed E-state index contributed by atoms with van der Waals surface area (Å²) in [5.74, 6) is -1.48. The predicted molar refractivity (Wildman–Crippen MR) is 77.6 cm³/mol. The second-order valence-electron chi connectivity index (χ2n) is 5.00. The van der Waals surface area contributed by atoms with Crippen molar-refractivity contribution < 1.29 is 8.78 Å². The molecule has 0 spiro atoms. The second-order valence-corrected chi connectivity index (χ2v) is 5.00. The van der Waals surface area contributed by atoms with E-state index in [0.29, 0.717) is 22.5 Å². The summed E-state index contributed by atoms with van der Waals surface area (Å²) >= 11 is 0. The fraction of sp³-hybridized carbons (Fsp3) is 0.214. The molecule has 1 N–H and O–H groups in total. The number of nitrogens with zero attached hydrogens (tertiary/aromatic N) is 4. The first-order valence-corrected chi connectivity index (χ1v) is 6.53. The maximum atomic E-state index is 13.2. The molecular formula is C14H13F2N5O. The number of hydrogen-bond donors (Lipinski definition) is 1. The molecule has 22 heavy (non-hydrogen) atoms. The van der Waals surface area contributed by atoms with Gasteiger partial charge in [-0.15, -0.1) is 0 Å². The Labute approximate surface area is 124 Å². The lowest BCUT2D eigenvalue weighted by molar-refractivity contribution is 0.507. The number of hydrogen-bond acceptors (Lipinski definition) is 4. The summed E-state index contributed by atoms with van der Waals surface area (Å²) in [7, 11) is 3.38. The van der Waals surface area contributed by atoms with Crippen LogP contribution in [-0.2, 0) is 13.6 Å². The van der Waals surface area contributed by atoms with E-state index in [9.17, 15) is 13.6 Å². The summed E-state index contributed by atoms with van der Waals surface area (Å²) in [6.45, 7) is 0.267. The standard InChI is InChI=1S/C14H13F2N5O/c1-20(7-8-3-4-10(15)11(16)5-8)14-18-12-9(13(22)19-14)6-17-21(12)2/h3-6H,7H2,1-2H3,(H,18,19,22). The van der Waals surface area contributed by atoms with Gasteiger partial charge in [-0.25, -0.2) is 8.78 Å². The molecule has 2 heterocycles. The molecule has 6 nitrogen and oxygen atoms in total. The predicted octanol–water partition coefficient (Wildman–Crippen LogP) is 1.57. The zero-order valence-corrected chi connectivity index (χ0v) is 12.0. The fourth-order valence-electron chi connectivity index (χ4n) is 2.19. The third-order valence-corrected chi connectivity index (χ3v) is 3.35. The van der Waals surface area contributed by atoms with Gasteiger partial charge in [0.05, 0.1) is 6.20 Å². The topological polar surface area (TPSA) is 66.8 Å². The molecule has 8 heteroatoms. The molecule has 0 aliphatic carbocycles. The van der Waals surface area contributed by atoms with Crippen LogP contribution in [-0.4, -0.2) is 26.8 Å². The van der Waals surface area contributed by atoms with Crippen LogP contribution < -0.4 is 10.5 Å². The summed E-state index contributed by atoms with van der Waals surface area (Å²) in [5, 5.41) is 4.38. The summed E-state index contributed by atoms with van der Waals surface area (Å²) in [6, 6.07) is 3.67. The van der Waals surface area contributed by atoms with Crippen LogP contribution in [0.3, 0.4) is 0 Å². The van der Waals surface area contributed by atoms with Gasteiger partial charge in [0, 0.05) is 20.6 Å². The average Bonchev–Trinajstić information content (AvgIpc) is 2.85. The Kier molecular flexibility index (Phi) is 3.36. The van der Waals surface area contributed by atoms with Crippen LogP contribution in [0, 0.1) is 11.6 Å². The fourth-order valence-corrected chi connectivity index (χ4v) is 2.19. The number of rotatable bonds is 3. The average molecular weight is 305 g/mol. The molecule has 0 amide bonds. The Morgan fingerprint density at radius 2 is 2.09 bits per heavy atom. The van der Waals surface area contributed by atoms with E-state index in [2.05, 4.69) is 15.1 Å². The van der Waals surface area contributed by atoms with Crippen LogP contribution in [0.2, 0.25) is 0 Å². The van der Waals surface area contributed by atoms with E-state index in [4.69, 9.17) is 0 Å². The Morgan fingerprint density at radius 1 is 1.32 bits per heavy atom. The van der Waals surface area contributed by atoms with Gasteiger partial charge in [-0.2, -0.15) is 10.1 Å². The molecule has 3 rings (SSSR count). The first-order chi connectivity index (χ1) is 10.5. The van der Waals surface area contributed by atoms with E-state index in [0.717, 1.165) is 12.1 Å². The zero-order chi connectivity index (χ0) is 15.9. The van der Waals surface area contributed by atoms with Crippen molar-refractivity contribution in [2.75, 3.05) is 11.9 Å². The van der Waals surface area contributed by atoms with E-state index < -0.39 is 11.6 Å². The van der Waals surface area contributed by atoms with Crippen molar-refractivity contribution in [1.29, 1.82) is 0 Å². The highest BCUT2D eigenvalue weighted by Crippen LogP contribution is 2.14. The molecule has 0 aliphatic heterocycles. The smallest absolute Gasteiger partial charge is 0.263 e. The third kappa shape index (κ3) is 2.43. The minimum atomic E-state index is -0.908. The Morgan fingerprint density at radius 3 is 2.82 bits per heavy atom. The van der Waals surface area contributed by atoms with Crippen LogP contribution in [0.15, 0.2) is 29.2 Å². The minimum Gasteiger partial charge on any atom is -0.341 e. The Hall–Kier alpha value is -2.77. The van der Waals surface area contributed by atoms with Crippen molar-refractivity contribution in [3.63, 3.8) is 0 Å². The van der Waals surface area contributed by atoms with Crippen molar-refractivity contribution in [2.45, 2.75) is 6.54 Å². The first kappa shape index (κ1) is 14.2. The van der Waals surface area contributed by atoms with Gasteiger partial charge in [-0.05, 0) is 17.7 Å². The Bertz CT molecular complexity index is 902. The molecule has 114 valence electrons. The molecular weight excluding hydrogens is 292 g/mol. The van der Waals surface area contributed by atoms with Crippen molar-refractivity contribution >= 4 is 17.0 Å². The Balaban J connectivity index is 1.94. The molecule has 0 fully saturated rings. The monoisotopic (exact) mass is 305 g/mol. The molecule has 0 radical (unpaired) electrons. The maximum absolute atomic E-state index is 13.2. The van der Waals surface area contributed by atoms with Gasteiger partial charge in [-0.1, -0.05) is 6.07 Å². The zero-order valence-electron chi connectivity index (χ0n) is 12.0. The quantitative estimate of drug-likeness (QED) is 0.797. The lowest BCUT2D eigenvalue weighted by atomic mass is 10.2. The van der Waals surface area contributed by atoms with Gasteiger partial charge in [0.15, 0.2) is 17.3 Å². The molecule has 0 bridgehead atoms. The summed E-state index contributed by atoms with van der Waals surface area (Å²) in [5.41, 5.74) is 0.718. The number of fused-ring (bicyclic) bond motifs is 1. The molecule has 0 saturated carbocycles. The van der Waals surface area contributed by atoms with E-state index >= 15 is 0 Å². The summed E-state index contributed by atoms with van der Waals surface area (Å²) < 4.78 is 27.7. The van der Waals surface area contributed by atoms with Gasteiger partial charge in [0.1, 0.15) is 5.39 Å². The van der Waals surface area contributed by atoms with Crippen molar-refractivity contribution in [2.24, 2.45) is 7.05 Å². The molecule has 0 unspecified atom stereocenters. The normalized spacial score (nSPS) is 11.1. The lowest BCUT2D eigenvalue weighted by Crippen LogP contribution is -2.23. The van der Waals surface area contributed by atoms with Gasteiger partial charge >= 0.3 is 0 Å². The van der Waals surface area contributed by atoms with Gasteiger partial charge in [0.2, 0.25) is 5.95 Å². The number of nitrogens with one attached hydrogen (secondary N) is 1. The molecule has 2 aromatic heterocycles. The maximum Gasteiger partial charge on any atom is 0.263 e. The molecule has 0 saturated heterocycles. The van der Waals surface area contributed by atoms with E-state index in [1.807, 2.05) is 0 Å². The van der Waals surface area contributed by atoms with E-state index in [1.54, 1.807) is 19.0 Å². The number of aromatic amines is 1. The minimum absolute atomic E-state index is 0.267. The van der Waals surface area contributed by atoms with Crippen LogP contribution in [0.4, 0.5) is 14.7 Å². The van der Waals surface area contributed by atoms with E-state index in [1.165, 1.54) is 16.9 Å². The lowest BCUT2D eigenvalue weighted by Gasteiger charge is -2.17. The first-order valence-electron chi connectivity index (χ1n) is 6.53. The van der Waals surface area contributed by atoms with Gasteiger partial charge in [-0.3, -0.25) is 14.5 Å². The van der Waals surface area contributed by atoms with Crippen LogP contribution >= 0.6 is 0 Å². The van der Waals surface area contributed by atoms with Crippen LogP contribution in [0.5, 0.6) is 0 Å². The summed E-state index contributed by atoms with van der Waals surface area (Å²) in [6.07, 6.45) is 1.44. The number of halogens is 2. The molecule has 1 aromatic carbocycles. The number of anilines is 1. The van der Waals surface area contributed by atoms with Crippen molar-refractivity contribution in [1.82, 2.24) is 19.7 Å². The molecule has 3 aromatic rings. The third-order valence-electron chi connectivity index (χ3n) is 3.35. The van der Waals surface area contributed by atoms with Crippen molar-refractivity contribution in [3.05, 3.63) is 51.9 Å². The van der Waals surface area contributed by atoms with Crippen molar-refractivity contribution in [3.8, 4) is 0 Å². The summed E-state index contributed by atoms with van der Waals surface area (Å²) in [4.78, 5) is 20.6. The second kappa shape index (κ2) is 5.21. The van der Waals surface area contributed by atoms with Gasteiger partial charge in [0.25, 0.3) is 5.56 Å². The molecule has 0 aliphatic rings. The largest absolute Gasteiger partial charge is 0.341 e. The van der Waals surface area contributed by atoms with Gasteiger partial charge < -0.3 is 4.90 Å². The van der Waals surface area contributed by atoms with Crippen LogP contribution in [0.25, 0.3) is 11.0 Å². The number of benzene rings is 1. The SMILES string of the molecule is CN(Cc1ccc(F)c(F)c1)c1nc2c(cnn2C)c(=O)[nH]1. The number of aromatic nitrogens is 4. The highest BCUT2D eigenvalue weighted by molar-refractivity contribution is 5.74. The van der Waals surface area contributed by atoms with Crippen LogP contribution in [0.1, 0.15) is 5.56 Å².